The fourth-order valence-corrected chi connectivity index (χ4v) is 1.69. The van der Waals surface area contributed by atoms with Crippen molar-refractivity contribution in [2.24, 2.45) is 11.3 Å². The molecule has 1 aliphatic rings. The van der Waals surface area contributed by atoms with Gasteiger partial charge in [0.2, 0.25) is 0 Å². The molecule has 1 fully saturated rings. The van der Waals surface area contributed by atoms with E-state index >= 15 is 0 Å². The lowest BCUT2D eigenvalue weighted by atomic mass is 9.83. The van der Waals surface area contributed by atoms with Gasteiger partial charge in [-0.15, -0.1) is 0 Å². The van der Waals surface area contributed by atoms with E-state index in [2.05, 4.69) is 0 Å². The van der Waals surface area contributed by atoms with Gasteiger partial charge in [0.05, 0.1) is 19.1 Å². The molecule has 0 amide bonds. The van der Waals surface area contributed by atoms with Gasteiger partial charge >= 0.3 is 5.97 Å². The van der Waals surface area contributed by atoms with Crippen molar-refractivity contribution in [1.82, 2.24) is 0 Å². The summed E-state index contributed by atoms with van der Waals surface area (Å²) in [6, 6.07) is 0. The summed E-state index contributed by atoms with van der Waals surface area (Å²) in [5.41, 5.74) is -0.519. The number of rotatable bonds is 6. The van der Waals surface area contributed by atoms with Gasteiger partial charge in [-0.25, -0.2) is 0 Å². The first-order chi connectivity index (χ1) is 7.06. The Bertz CT molecular complexity index is 207. The molecule has 15 heavy (non-hydrogen) atoms. The second-order valence-electron chi connectivity index (χ2n) is 5.01. The third-order valence-electron chi connectivity index (χ3n) is 3.10. The average Bonchev–Trinajstić information content (AvgIpc) is 2.13. The van der Waals surface area contributed by atoms with E-state index in [9.17, 15) is 4.79 Å². The lowest BCUT2D eigenvalue weighted by Gasteiger charge is -2.26. The van der Waals surface area contributed by atoms with Crippen LogP contribution in [-0.4, -0.2) is 26.3 Å². The lowest BCUT2D eigenvalue weighted by molar-refractivity contribution is -0.154. The summed E-state index contributed by atoms with van der Waals surface area (Å²) in [5.74, 6) is 0.664. The van der Waals surface area contributed by atoms with Crippen LogP contribution in [0.5, 0.6) is 0 Å². The lowest BCUT2D eigenvalue weighted by Crippen LogP contribution is -2.31. The molecular formula is C12H22O3. The smallest absolute Gasteiger partial charge is 0.313 e. The van der Waals surface area contributed by atoms with E-state index in [1.54, 1.807) is 0 Å². The highest BCUT2D eigenvalue weighted by molar-refractivity contribution is 5.75. The standard InChI is InChI=1S/C12H22O3/c1-12(2,11(13)14-3)9-15-8-7-10-5-4-6-10/h10H,4-9H2,1-3H3. The first-order valence-corrected chi connectivity index (χ1v) is 5.72. The summed E-state index contributed by atoms with van der Waals surface area (Å²) < 4.78 is 10.2. The zero-order valence-corrected chi connectivity index (χ0v) is 10.0. The monoisotopic (exact) mass is 214 g/mol. The van der Waals surface area contributed by atoms with Gasteiger partial charge in [-0.3, -0.25) is 4.79 Å². The largest absolute Gasteiger partial charge is 0.469 e. The Morgan fingerprint density at radius 3 is 2.53 bits per heavy atom. The Balaban J connectivity index is 2.09. The number of esters is 1. The van der Waals surface area contributed by atoms with E-state index in [0.29, 0.717) is 6.61 Å². The Morgan fingerprint density at radius 1 is 1.40 bits per heavy atom. The van der Waals surface area contributed by atoms with Crippen LogP contribution in [0.4, 0.5) is 0 Å². The minimum atomic E-state index is -0.519. The molecule has 0 aromatic carbocycles. The average molecular weight is 214 g/mol. The summed E-state index contributed by atoms with van der Waals surface area (Å²) in [5, 5.41) is 0. The van der Waals surface area contributed by atoms with Crippen LogP contribution < -0.4 is 0 Å². The van der Waals surface area contributed by atoms with E-state index in [1.165, 1.54) is 26.4 Å². The molecule has 0 bridgehead atoms. The quantitative estimate of drug-likeness (QED) is 0.503. The van der Waals surface area contributed by atoms with Gasteiger partial charge in [-0.1, -0.05) is 19.3 Å². The zero-order valence-electron chi connectivity index (χ0n) is 10.0. The number of ether oxygens (including phenoxy) is 2. The molecule has 0 N–H and O–H groups in total. The predicted molar refractivity (Wildman–Crippen MR) is 58.6 cm³/mol. The topological polar surface area (TPSA) is 35.5 Å². The maximum absolute atomic E-state index is 11.3. The van der Waals surface area contributed by atoms with E-state index in [0.717, 1.165) is 18.9 Å². The number of methoxy groups -OCH3 is 1. The molecule has 88 valence electrons. The molecule has 0 aromatic heterocycles. The SMILES string of the molecule is COC(=O)C(C)(C)COCCC1CCC1. The van der Waals surface area contributed by atoms with Crippen molar-refractivity contribution in [2.45, 2.75) is 39.5 Å². The van der Waals surface area contributed by atoms with Gasteiger partial charge in [0.1, 0.15) is 0 Å². The second kappa shape index (κ2) is 5.50. The Morgan fingerprint density at radius 2 is 2.07 bits per heavy atom. The maximum atomic E-state index is 11.3. The molecule has 1 saturated carbocycles. The fourth-order valence-electron chi connectivity index (χ4n) is 1.69. The van der Waals surface area contributed by atoms with Crippen molar-refractivity contribution in [3.05, 3.63) is 0 Å². The molecule has 0 aliphatic heterocycles. The van der Waals surface area contributed by atoms with Crippen LogP contribution in [0, 0.1) is 11.3 Å². The highest BCUT2D eigenvalue weighted by Gasteiger charge is 2.29. The van der Waals surface area contributed by atoms with E-state index in [1.807, 2.05) is 13.8 Å². The van der Waals surface area contributed by atoms with E-state index in [4.69, 9.17) is 9.47 Å². The van der Waals surface area contributed by atoms with Gasteiger partial charge in [0, 0.05) is 6.61 Å². The number of hydrogen-bond acceptors (Lipinski definition) is 3. The number of hydrogen-bond donors (Lipinski definition) is 0. The first-order valence-electron chi connectivity index (χ1n) is 5.72. The molecule has 1 rings (SSSR count). The van der Waals surface area contributed by atoms with Crippen LogP contribution >= 0.6 is 0 Å². The van der Waals surface area contributed by atoms with Gasteiger partial charge in [-0.05, 0) is 26.2 Å². The van der Waals surface area contributed by atoms with Crippen molar-refractivity contribution < 1.29 is 14.3 Å². The Hall–Kier alpha value is -0.570. The number of carbonyl (C=O) groups excluding carboxylic acids is 1. The highest BCUT2D eigenvalue weighted by Crippen LogP contribution is 2.29. The van der Waals surface area contributed by atoms with Crippen LogP contribution in [0.15, 0.2) is 0 Å². The van der Waals surface area contributed by atoms with Gasteiger partial charge in [-0.2, -0.15) is 0 Å². The predicted octanol–water partition coefficient (Wildman–Crippen LogP) is 2.39. The Kier molecular flexibility index (Phi) is 4.58. The third-order valence-corrected chi connectivity index (χ3v) is 3.10. The van der Waals surface area contributed by atoms with Crippen LogP contribution in [0.3, 0.4) is 0 Å². The van der Waals surface area contributed by atoms with Gasteiger partial charge in [0.25, 0.3) is 0 Å². The van der Waals surface area contributed by atoms with E-state index < -0.39 is 5.41 Å². The maximum Gasteiger partial charge on any atom is 0.313 e. The Labute approximate surface area is 92.1 Å². The minimum absolute atomic E-state index is 0.203. The molecule has 0 unspecified atom stereocenters. The minimum Gasteiger partial charge on any atom is -0.469 e. The van der Waals surface area contributed by atoms with Crippen LogP contribution in [-0.2, 0) is 14.3 Å². The second-order valence-corrected chi connectivity index (χ2v) is 5.01. The highest BCUT2D eigenvalue weighted by atomic mass is 16.5. The molecule has 3 nitrogen and oxygen atoms in total. The molecule has 0 saturated heterocycles. The van der Waals surface area contributed by atoms with Crippen LogP contribution in [0.1, 0.15) is 39.5 Å². The van der Waals surface area contributed by atoms with Crippen molar-refractivity contribution in [2.75, 3.05) is 20.3 Å². The van der Waals surface area contributed by atoms with Crippen molar-refractivity contribution >= 4 is 5.97 Å². The molecule has 0 spiro atoms. The van der Waals surface area contributed by atoms with Crippen molar-refractivity contribution in [3.63, 3.8) is 0 Å². The number of carbonyl (C=O) groups is 1. The first kappa shape index (κ1) is 12.5. The molecule has 0 radical (unpaired) electrons. The third kappa shape index (κ3) is 3.82. The zero-order chi connectivity index (χ0) is 11.3. The summed E-state index contributed by atoms with van der Waals surface area (Å²) >= 11 is 0. The molecule has 3 heteroatoms. The van der Waals surface area contributed by atoms with Crippen LogP contribution in [0.25, 0.3) is 0 Å². The fraction of sp³-hybridized carbons (Fsp3) is 0.917. The van der Waals surface area contributed by atoms with Crippen molar-refractivity contribution in [3.8, 4) is 0 Å². The molecule has 0 aromatic rings. The molecular weight excluding hydrogens is 192 g/mol. The normalized spacial score (nSPS) is 17.3. The summed E-state index contributed by atoms with van der Waals surface area (Å²) in [6.07, 6.45) is 5.21. The van der Waals surface area contributed by atoms with E-state index in [-0.39, 0.29) is 5.97 Å². The van der Waals surface area contributed by atoms with Gasteiger partial charge < -0.3 is 9.47 Å². The van der Waals surface area contributed by atoms with Gasteiger partial charge in [0.15, 0.2) is 0 Å². The van der Waals surface area contributed by atoms with Crippen LogP contribution in [0.2, 0.25) is 0 Å². The van der Waals surface area contributed by atoms with Crippen molar-refractivity contribution in [1.29, 1.82) is 0 Å². The summed E-state index contributed by atoms with van der Waals surface area (Å²) in [7, 11) is 1.42. The molecule has 0 atom stereocenters. The summed E-state index contributed by atoms with van der Waals surface area (Å²) in [6.45, 7) is 4.92. The molecule has 1 aliphatic carbocycles. The summed E-state index contributed by atoms with van der Waals surface area (Å²) in [4.78, 5) is 11.3. The molecule has 0 heterocycles.